The number of aliphatic hydroxyl groups excluding tert-OH is 1. The fraction of sp³-hybridized carbons (Fsp3) is 0.533. The number of carbonyl (C=O) groups excluding carboxylic acids is 1. The molecule has 1 aliphatic rings. The van der Waals surface area contributed by atoms with Crippen LogP contribution >= 0.6 is 11.6 Å². The maximum atomic E-state index is 12.3. The van der Waals surface area contributed by atoms with Crippen molar-refractivity contribution in [3.05, 3.63) is 23.2 Å². The van der Waals surface area contributed by atoms with Crippen LogP contribution in [0.3, 0.4) is 0 Å². The number of benzene rings is 1. The predicted octanol–water partition coefficient (Wildman–Crippen LogP) is 3.71. The van der Waals surface area contributed by atoms with Gasteiger partial charge in [-0.3, -0.25) is 0 Å². The van der Waals surface area contributed by atoms with E-state index in [1.54, 1.807) is 4.90 Å². The molecule has 0 bridgehead atoms. The van der Waals surface area contributed by atoms with Crippen LogP contribution in [0, 0.1) is 0 Å². The van der Waals surface area contributed by atoms with Gasteiger partial charge in [0.05, 0.1) is 5.02 Å². The Kier molecular flexibility index (Phi) is 6.41. The van der Waals surface area contributed by atoms with Crippen LogP contribution in [0.2, 0.25) is 5.02 Å². The first-order valence-corrected chi connectivity index (χ1v) is 7.82. The number of nitrogens with one attached hydrogen (secondary N) is 1. The second-order valence-electron chi connectivity index (χ2n) is 5.31. The molecule has 1 aromatic rings. The van der Waals surface area contributed by atoms with E-state index in [0.29, 0.717) is 25.1 Å². The highest BCUT2D eigenvalue weighted by Crippen LogP contribution is 2.31. The average molecular weight is 349 g/mol. The lowest BCUT2D eigenvalue weighted by molar-refractivity contribution is -0.0497. The number of carbonyl (C=O) groups is 1. The molecule has 0 aliphatic heterocycles. The lowest BCUT2D eigenvalue weighted by Crippen LogP contribution is -2.37. The number of ether oxygens (including phenoxy) is 1. The molecule has 0 spiro atoms. The van der Waals surface area contributed by atoms with Gasteiger partial charge in [-0.05, 0) is 37.8 Å². The van der Waals surface area contributed by atoms with E-state index in [1.807, 2.05) is 0 Å². The van der Waals surface area contributed by atoms with Gasteiger partial charge in [0.1, 0.15) is 5.75 Å². The Morgan fingerprint density at radius 2 is 2.17 bits per heavy atom. The Labute approximate surface area is 138 Å². The van der Waals surface area contributed by atoms with Crippen LogP contribution in [-0.2, 0) is 0 Å². The summed E-state index contributed by atoms with van der Waals surface area (Å²) in [5.74, 6) is -0.183. The number of hydrogen-bond acceptors (Lipinski definition) is 3. The molecule has 1 saturated carbocycles. The van der Waals surface area contributed by atoms with Gasteiger partial charge in [0.25, 0.3) is 0 Å². The van der Waals surface area contributed by atoms with Crippen molar-refractivity contribution in [3.8, 4) is 5.75 Å². The molecule has 0 aromatic heterocycles. The number of urea groups is 1. The lowest BCUT2D eigenvalue weighted by Gasteiger charge is -2.23. The number of rotatable bonds is 8. The SMILES string of the molecule is O=C(Nc1ccc(Cl)c(OC(F)F)c1)N(CCCCO)C1CC1. The molecule has 23 heavy (non-hydrogen) atoms. The van der Waals surface area contributed by atoms with Gasteiger partial charge in [0.15, 0.2) is 0 Å². The number of aliphatic hydroxyl groups is 1. The first-order valence-electron chi connectivity index (χ1n) is 7.44. The van der Waals surface area contributed by atoms with Crippen molar-refractivity contribution < 1.29 is 23.4 Å². The molecule has 1 aromatic carbocycles. The fourth-order valence-corrected chi connectivity index (χ4v) is 2.35. The molecule has 0 heterocycles. The molecule has 2 amide bonds. The van der Waals surface area contributed by atoms with Crippen LogP contribution in [0.1, 0.15) is 25.7 Å². The topological polar surface area (TPSA) is 61.8 Å². The van der Waals surface area contributed by atoms with E-state index < -0.39 is 6.61 Å². The molecule has 8 heteroatoms. The van der Waals surface area contributed by atoms with Gasteiger partial charge in [0.2, 0.25) is 0 Å². The quantitative estimate of drug-likeness (QED) is 0.704. The summed E-state index contributed by atoms with van der Waals surface area (Å²) in [5, 5.41) is 11.5. The van der Waals surface area contributed by atoms with Crippen molar-refractivity contribution in [2.45, 2.75) is 38.3 Å². The predicted molar refractivity (Wildman–Crippen MR) is 83.2 cm³/mol. The molecule has 2 N–H and O–H groups in total. The van der Waals surface area contributed by atoms with Gasteiger partial charge in [0, 0.05) is 30.9 Å². The van der Waals surface area contributed by atoms with Gasteiger partial charge in [-0.2, -0.15) is 8.78 Å². The minimum absolute atomic E-state index is 0.0466. The van der Waals surface area contributed by atoms with E-state index in [2.05, 4.69) is 10.1 Å². The van der Waals surface area contributed by atoms with Crippen molar-refractivity contribution in [1.82, 2.24) is 4.90 Å². The van der Waals surface area contributed by atoms with Gasteiger partial charge in [-0.15, -0.1) is 0 Å². The fourth-order valence-electron chi connectivity index (χ4n) is 2.19. The van der Waals surface area contributed by atoms with Gasteiger partial charge < -0.3 is 20.1 Å². The molecule has 0 saturated heterocycles. The maximum Gasteiger partial charge on any atom is 0.387 e. The summed E-state index contributed by atoms with van der Waals surface area (Å²) in [6.07, 6.45) is 3.24. The smallest absolute Gasteiger partial charge is 0.387 e. The monoisotopic (exact) mass is 348 g/mol. The Hall–Kier alpha value is -1.60. The van der Waals surface area contributed by atoms with Crippen molar-refractivity contribution >= 4 is 23.3 Å². The summed E-state index contributed by atoms with van der Waals surface area (Å²) in [4.78, 5) is 14.0. The van der Waals surface area contributed by atoms with Crippen LogP contribution in [0.15, 0.2) is 18.2 Å². The summed E-state index contributed by atoms with van der Waals surface area (Å²) in [5.41, 5.74) is 0.336. The zero-order valence-electron chi connectivity index (χ0n) is 12.5. The van der Waals surface area contributed by atoms with Crippen LogP contribution in [0.4, 0.5) is 19.3 Å². The largest absolute Gasteiger partial charge is 0.433 e. The van der Waals surface area contributed by atoms with E-state index in [4.69, 9.17) is 16.7 Å². The summed E-state index contributed by atoms with van der Waals surface area (Å²) < 4.78 is 28.9. The number of alkyl halides is 2. The highest BCUT2D eigenvalue weighted by molar-refractivity contribution is 6.32. The molecular weight excluding hydrogens is 330 g/mol. The number of anilines is 1. The number of hydrogen-bond donors (Lipinski definition) is 2. The van der Waals surface area contributed by atoms with E-state index in [1.165, 1.54) is 18.2 Å². The third-order valence-corrected chi connectivity index (χ3v) is 3.77. The average Bonchev–Trinajstić information content (AvgIpc) is 3.31. The zero-order valence-corrected chi connectivity index (χ0v) is 13.2. The highest BCUT2D eigenvalue weighted by Gasteiger charge is 2.32. The first kappa shape index (κ1) is 17.7. The van der Waals surface area contributed by atoms with E-state index in [-0.39, 0.29) is 29.5 Å². The van der Waals surface area contributed by atoms with Crippen molar-refractivity contribution in [3.63, 3.8) is 0 Å². The molecule has 1 aliphatic carbocycles. The number of unbranched alkanes of at least 4 members (excludes halogenated alkanes) is 1. The zero-order chi connectivity index (χ0) is 16.8. The number of halogens is 3. The van der Waals surface area contributed by atoms with Crippen LogP contribution in [0.5, 0.6) is 5.75 Å². The number of nitrogens with zero attached hydrogens (tertiary/aromatic N) is 1. The molecule has 1 fully saturated rings. The minimum Gasteiger partial charge on any atom is -0.433 e. The summed E-state index contributed by atoms with van der Waals surface area (Å²) in [6.45, 7) is -2.35. The second-order valence-corrected chi connectivity index (χ2v) is 5.72. The normalized spacial score (nSPS) is 14.0. The maximum absolute atomic E-state index is 12.3. The Bertz CT molecular complexity index is 541. The third-order valence-electron chi connectivity index (χ3n) is 3.45. The summed E-state index contributed by atoms with van der Waals surface area (Å²) in [7, 11) is 0. The molecule has 0 radical (unpaired) electrons. The molecule has 128 valence electrons. The first-order chi connectivity index (χ1) is 11.0. The van der Waals surface area contributed by atoms with Crippen LogP contribution in [-0.4, -0.2) is 41.8 Å². The molecule has 5 nitrogen and oxygen atoms in total. The van der Waals surface area contributed by atoms with Crippen LogP contribution < -0.4 is 10.1 Å². The van der Waals surface area contributed by atoms with Gasteiger partial charge in [-0.25, -0.2) is 4.79 Å². The molecule has 0 atom stereocenters. The second kappa shape index (κ2) is 8.31. The number of amides is 2. The molecule has 0 unspecified atom stereocenters. The lowest BCUT2D eigenvalue weighted by atomic mass is 10.3. The standard InChI is InChI=1S/C15H19ClF2N2O3/c16-12-6-3-10(9-13(12)23-14(17)18)19-15(22)20(11-4-5-11)7-1-2-8-21/h3,6,9,11,14,21H,1-2,4-5,7-8H2,(H,19,22). The third kappa shape index (κ3) is 5.51. The molecular formula is C15H19ClF2N2O3. The highest BCUT2D eigenvalue weighted by atomic mass is 35.5. The van der Waals surface area contributed by atoms with Crippen LogP contribution in [0.25, 0.3) is 0 Å². The van der Waals surface area contributed by atoms with Crippen molar-refractivity contribution in [1.29, 1.82) is 0 Å². The summed E-state index contributed by atoms with van der Waals surface area (Å²) >= 11 is 5.78. The van der Waals surface area contributed by atoms with E-state index >= 15 is 0 Å². The molecule has 2 rings (SSSR count). The Balaban J connectivity index is 2.00. The van der Waals surface area contributed by atoms with Crippen molar-refractivity contribution in [2.75, 3.05) is 18.5 Å². The minimum atomic E-state index is -2.99. The summed E-state index contributed by atoms with van der Waals surface area (Å²) in [6, 6.07) is 4.10. The Morgan fingerprint density at radius 3 is 2.78 bits per heavy atom. The van der Waals surface area contributed by atoms with Gasteiger partial charge in [-0.1, -0.05) is 11.6 Å². The van der Waals surface area contributed by atoms with E-state index in [9.17, 15) is 13.6 Å². The van der Waals surface area contributed by atoms with Gasteiger partial charge >= 0.3 is 12.6 Å². The van der Waals surface area contributed by atoms with Crippen molar-refractivity contribution in [2.24, 2.45) is 0 Å². The van der Waals surface area contributed by atoms with E-state index in [0.717, 1.165) is 12.8 Å². The Morgan fingerprint density at radius 1 is 1.43 bits per heavy atom.